The summed E-state index contributed by atoms with van der Waals surface area (Å²) in [7, 11) is 0. The van der Waals surface area contributed by atoms with Crippen molar-refractivity contribution in [3.05, 3.63) is 46.1 Å². The maximum absolute atomic E-state index is 11.7. The fraction of sp³-hybridized carbons (Fsp3) is 0.0909. The minimum Gasteiger partial charge on any atom is -0.311 e. The van der Waals surface area contributed by atoms with Crippen LogP contribution in [0.2, 0.25) is 10.0 Å². The molecule has 0 saturated heterocycles. The molecule has 17 heavy (non-hydrogen) atoms. The molecule has 0 aliphatic heterocycles. The Bertz CT molecular complexity index is 505. The van der Waals surface area contributed by atoms with Gasteiger partial charge in [0.1, 0.15) is 5.82 Å². The van der Waals surface area contributed by atoms with Crippen molar-refractivity contribution in [2.75, 3.05) is 5.32 Å². The van der Waals surface area contributed by atoms with Crippen LogP contribution < -0.4 is 5.32 Å². The normalized spacial score (nSPS) is 10.2. The van der Waals surface area contributed by atoms with Crippen LogP contribution >= 0.6 is 23.2 Å². The minimum atomic E-state index is -0.204. The number of anilines is 1. The summed E-state index contributed by atoms with van der Waals surface area (Å²) in [5, 5.41) is 9.98. The smallest absolute Gasteiger partial charge is 0.230 e. The van der Waals surface area contributed by atoms with Crippen molar-refractivity contribution in [2.45, 2.75) is 6.42 Å². The summed E-state index contributed by atoms with van der Waals surface area (Å²) in [6, 6.07) is 6.80. The van der Waals surface area contributed by atoms with Gasteiger partial charge in [-0.25, -0.2) is 0 Å². The zero-order valence-corrected chi connectivity index (χ0v) is 10.2. The van der Waals surface area contributed by atoms with Crippen LogP contribution in [0.15, 0.2) is 30.5 Å². The van der Waals surface area contributed by atoms with E-state index in [1.54, 1.807) is 30.5 Å². The lowest BCUT2D eigenvalue weighted by atomic mass is 10.1. The first-order valence-electron chi connectivity index (χ1n) is 4.89. The second-order valence-corrected chi connectivity index (χ2v) is 4.21. The zero-order chi connectivity index (χ0) is 12.3. The highest BCUT2D eigenvalue weighted by Crippen LogP contribution is 2.24. The van der Waals surface area contributed by atoms with Crippen LogP contribution in [-0.2, 0) is 11.2 Å². The lowest BCUT2D eigenvalue weighted by Gasteiger charge is -2.06. The highest BCUT2D eigenvalue weighted by molar-refractivity contribution is 6.36. The minimum absolute atomic E-state index is 0.123. The largest absolute Gasteiger partial charge is 0.311 e. The molecule has 1 aromatic heterocycles. The Balaban J connectivity index is 2.08. The predicted molar refractivity (Wildman–Crippen MR) is 67.4 cm³/mol. The Labute approximate surface area is 108 Å². The number of carbonyl (C=O) groups is 1. The van der Waals surface area contributed by atoms with Crippen LogP contribution in [-0.4, -0.2) is 16.1 Å². The molecule has 0 unspecified atom stereocenters. The molecule has 2 aromatic rings. The second kappa shape index (κ2) is 5.21. The molecular weight excluding hydrogens is 261 g/mol. The third-order valence-electron chi connectivity index (χ3n) is 2.17. The van der Waals surface area contributed by atoms with Gasteiger partial charge < -0.3 is 5.32 Å². The van der Waals surface area contributed by atoms with Gasteiger partial charge in [0.25, 0.3) is 0 Å². The Morgan fingerprint density at radius 1 is 1.29 bits per heavy atom. The first kappa shape index (κ1) is 12.0. The van der Waals surface area contributed by atoms with Crippen molar-refractivity contribution in [1.82, 2.24) is 10.2 Å². The van der Waals surface area contributed by atoms with Gasteiger partial charge in [0.2, 0.25) is 5.91 Å². The average Bonchev–Trinajstić information content (AvgIpc) is 2.76. The van der Waals surface area contributed by atoms with Gasteiger partial charge in [-0.05, 0) is 17.7 Å². The van der Waals surface area contributed by atoms with Gasteiger partial charge in [-0.15, -0.1) is 0 Å². The maximum Gasteiger partial charge on any atom is 0.230 e. The number of rotatable bonds is 3. The van der Waals surface area contributed by atoms with E-state index in [-0.39, 0.29) is 12.3 Å². The second-order valence-electron chi connectivity index (χ2n) is 3.40. The molecule has 0 fully saturated rings. The SMILES string of the molecule is O=C(Cc1c(Cl)cccc1Cl)Nc1ccn[nH]1. The number of hydrogen-bond acceptors (Lipinski definition) is 2. The highest BCUT2D eigenvalue weighted by Gasteiger charge is 2.11. The van der Waals surface area contributed by atoms with E-state index in [0.29, 0.717) is 21.4 Å². The number of hydrogen-bond donors (Lipinski definition) is 2. The summed E-state index contributed by atoms with van der Waals surface area (Å²) in [6.45, 7) is 0. The third-order valence-corrected chi connectivity index (χ3v) is 2.88. The van der Waals surface area contributed by atoms with Gasteiger partial charge >= 0.3 is 0 Å². The van der Waals surface area contributed by atoms with Gasteiger partial charge in [-0.2, -0.15) is 5.10 Å². The molecule has 4 nitrogen and oxygen atoms in total. The summed E-state index contributed by atoms with van der Waals surface area (Å²) in [5.41, 5.74) is 0.618. The average molecular weight is 270 g/mol. The predicted octanol–water partition coefficient (Wildman–Crippen LogP) is 2.90. The topological polar surface area (TPSA) is 57.8 Å². The molecule has 6 heteroatoms. The quantitative estimate of drug-likeness (QED) is 0.900. The van der Waals surface area contributed by atoms with Gasteiger partial charge in [-0.1, -0.05) is 29.3 Å². The van der Waals surface area contributed by atoms with E-state index in [2.05, 4.69) is 15.5 Å². The number of amides is 1. The number of halogens is 2. The molecule has 0 radical (unpaired) electrons. The molecule has 0 saturated carbocycles. The number of carbonyl (C=O) groups excluding carboxylic acids is 1. The summed E-state index contributed by atoms with van der Waals surface area (Å²) in [6.07, 6.45) is 1.68. The Morgan fingerprint density at radius 2 is 2.00 bits per heavy atom. The van der Waals surface area contributed by atoms with E-state index in [0.717, 1.165) is 0 Å². The molecule has 0 aliphatic rings. The van der Waals surface area contributed by atoms with E-state index in [1.807, 2.05) is 0 Å². The van der Waals surface area contributed by atoms with Crippen LogP contribution in [0.1, 0.15) is 5.56 Å². The van der Waals surface area contributed by atoms with Crippen LogP contribution in [0.25, 0.3) is 0 Å². The monoisotopic (exact) mass is 269 g/mol. The molecule has 2 N–H and O–H groups in total. The van der Waals surface area contributed by atoms with Crippen molar-refractivity contribution in [2.24, 2.45) is 0 Å². The molecule has 1 amide bonds. The highest BCUT2D eigenvalue weighted by atomic mass is 35.5. The number of aromatic nitrogens is 2. The fourth-order valence-corrected chi connectivity index (χ4v) is 1.91. The Morgan fingerprint density at radius 3 is 2.59 bits per heavy atom. The van der Waals surface area contributed by atoms with Crippen LogP contribution in [0, 0.1) is 0 Å². The van der Waals surface area contributed by atoms with Crippen molar-refractivity contribution < 1.29 is 4.79 Å². The summed E-state index contributed by atoms with van der Waals surface area (Å²) in [4.78, 5) is 11.7. The Kier molecular flexibility index (Phi) is 3.66. The molecule has 0 spiro atoms. The first-order valence-corrected chi connectivity index (χ1v) is 5.64. The van der Waals surface area contributed by atoms with Crippen LogP contribution in [0.4, 0.5) is 5.82 Å². The third kappa shape index (κ3) is 2.99. The van der Waals surface area contributed by atoms with Gasteiger partial charge in [-0.3, -0.25) is 9.89 Å². The standard InChI is InChI=1S/C11H9Cl2N3O/c12-8-2-1-3-9(13)7(8)6-11(17)15-10-4-5-14-16-10/h1-5H,6H2,(H2,14,15,16,17). The summed E-state index contributed by atoms with van der Waals surface area (Å²) < 4.78 is 0. The van der Waals surface area contributed by atoms with Crippen molar-refractivity contribution >= 4 is 34.9 Å². The molecule has 1 heterocycles. The van der Waals surface area contributed by atoms with Crippen molar-refractivity contribution in [1.29, 1.82) is 0 Å². The number of nitrogens with zero attached hydrogens (tertiary/aromatic N) is 1. The van der Waals surface area contributed by atoms with Crippen LogP contribution in [0.3, 0.4) is 0 Å². The van der Waals surface area contributed by atoms with Gasteiger partial charge in [0, 0.05) is 16.1 Å². The van der Waals surface area contributed by atoms with E-state index in [9.17, 15) is 4.79 Å². The van der Waals surface area contributed by atoms with E-state index in [1.165, 1.54) is 0 Å². The molecule has 1 aromatic carbocycles. The van der Waals surface area contributed by atoms with Crippen LogP contribution in [0.5, 0.6) is 0 Å². The molecule has 2 rings (SSSR count). The zero-order valence-electron chi connectivity index (χ0n) is 8.71. The van der Waals surface area contributed by atoms with E-state index >= 15 is 0 Å². The molecule has 88 valence electrons. The number of nitrogens with one attached hydrogen (secondary N) is 2. The van der Waals surface area contributed by atoms with E-state index < -0.39 is 0 Å². The van der Waals surface area contributed by atoms with Gasteiger partial charge in [0.15, 0.2) is 0 Å². The number of H-pyrrole nitrogens is 1. The Hall–Kier alpha value is -1.52. The number of aromatic amines is 1. The number of benzene rings is 1. The van der Waals surface area contributed by atoms with E-state index in [4.69, 9.17) is 23.2 Å². The maximum atomic E-state index is 11.7. The van der Waals surface area contributed by atoms with Crippen molar-refractivity contribution in [3.8, 4) is 0 Å². The molecule has 0 aliphatic carbocycles. The fourth-order valence-electron chi connectivity index (χ4n) is 1.38. The van der Waals surface area contributed by atoms with Gasteiger partial charge in [0.05, 0.1) is 12.6 Å². The lowest BCUT2D eigenvalue weighted by molar-refractivity contribution is -0.115. The molecule has 0 bridgehead atoms. The first-order chi connectivity index (χ1) is 8.16. The summed E-state index contributed by atoms with van der Waals surface area (Å²) in [5.74, 6) is 0.336. The summed E-state index contributed by atoms with van der Waals surface area (Å²) >= 11 is 11.9. The molecular formula is C11H9Cl2N3O. The van der Waals surface area contributed by atoms with Crippen molar-refractivity contribution in [3.63, 3.8) is 0 Å². The molecule has 0 atom stereocenters. The lowest BCUT2D eigenvalue weighted by Crippen LogP contribution is -2.15.